The van der Waals surface area contributed by atoms with Gasteiger partial charge in [0.05, 0.1) is 0 Å². The molecule has 1 nitrogen and oxygen atoms in total. The molecular weight excluding hydrogens is 260 g/mol. The summed E-state index contributed by atoms with van der Waals surface area (Å²) in [7, 11) is -1.55. The van der Waals surface area contributed by atoms with E-state index in [4.69, 9.17) is 0 Å². The Morgan fingerprint density at radius 1 is 0.950 bits per heavy atom. The van der Waals surface area contributed by atoms with Gasteiger partial charge in [-0.05, 0) is 12.5 Å². The summed E-state index contributed by atoms with van der Waals surface area (Å²) in [5.74, 6) is 0.111. The Morgan fingerprint density at radius 2 is 1.55 bits per heavy atom. The van der Waals surface area contributed by atoms with Gasteiger partial charge in [-0.2, -0.15) is 0 Å². The fourth-order valence-electron chi connectivity index (χ4n) is 2.10. The number of rotatable bonds is 4. The SMILES string of the molecule is CC(=O)c1ccc(/C=C\[Si](C)(C)c2ccccc2)cc1. The van der Waals surface area contributed by atoms with E-state index in [9.17, 15) is 4.79 Å². The van der Waals surface area contributed by atoms with Crippen LogP contribution in [-0.4, -0.2) is 13.9 Å². The minimum atomic E-state index is -1.55. The number of hydrogen-bond acceptors (Lipinski definition) is 1. The lowest BCUT2D eigenvalue weighted by atomic mass is 10.1. The number of carbonyl (C=O) groups is 1. The molecule has 0 radical (unpaired) electrons. The van der Waals surface area contributed by atoms with Gasteiger partial charge >= 0.3 is 0 Å². The summed E-state index contributed by atoms with van der Waals surface area (Å²) in [5.41, 5.74) is 4.25. The molecule has 0 aromatic heterocycles. The van der Waals surface area contributed by atoms with Crippen molar-refractivity contribution in [3.05, 3.63) is 71.4 Å². The summed E-state index contributed by atoms with van der Waals surface area (Å²) in [6, 6.07) is 18.4. The highest BCUT2D eigenvalue weighted by molar-refractivity contribution is 6.94. The van der Waals surface area contributed by atoms with Crippen molar-refractivity contribution in [2.45, 2.75) is 20.0 Å². The highest BCUT2D eigenvalue weighted by atomic mass is 28.3. The van der Waals surface area contributed by atoms with E-state index < -0.39 is 8.07 Å². The molecule has 0 aliphatic heterocycles. The summed E-state index contributed by atoms with van der Waals surface area (Å²) in [4.78, 5) is 11.2. The van der Waals surface area contributed by atoms with Crippen LogP contribution in [-0.2, 0) is 0 Å². The highest BCUT2D eigenvalue weighted by Gasteiger charge is 2.18. The first-order valence-electron chi connectivity index (χ1n) is 6.85. The molecule has 0 atom stereocenters. The Kier molecular flexibility index (Phi) is 4.35. The van der Waals surface area contributed by atoms with Crippen LogP contribution in [0.2, 0.25) is 13.1 Å². The molecule has 0 amide bonds. The maximum atomic E-state index is 11.2. The molecule has 0 heterocycles. The van der Waals surface area contributed by atoms with Crippen LogP contribution in [0.3, 0.4) is 0 Å². The van der Waals surface area contributed by atoms with Crippen molar-refractivity contribution < 1.29 is 4.79 Å². The predicted octanol–water partition coefficient (Wildman–Crippen LogP) is 4.06. The van der Waals surface area contributed by atoms with Crippen molar-refractivity contribution in [3.63, 3.8) is 0 Å². The first-order valence-corrected chi connectivity index (χ1v) is 9.92. The lowest BCUT2D eigenvalue weighted by molar-refractivity contribution is 0.101. The van der Waals surface area contributed by atoms with Crippen molar-refractivity contribution in [3.8, 4) is 0 Å². The maximum Gasteiger partial charge on any atom is 0.159 e. The van der Waals surface area contributed by atoms with E-state index in [0.717, 1.165) is 11.1 Å². The summed E-state index contributed by atoms with van der Waals surface area (Å²) < 4.78 is 0. The van der Waals surface area contributed by atoms with Crippen LogP contribution in [0.4, 0.5) is 0 Å². The zero-order valence-electron chi connectivity index (χ0n) is 12.3. The van der Waals surface area contributed by atoms with Gasteiger partial charge in [0, 0.05) is 5.56 Å². The normalized spacial score (nSPS) is 11.8. The molecule has 102 valence electrons. The van der Waals surface area contributed by atoms with E-state index in [-0.39, 0.29) is 5.78 Å². The Labute approximate surface area is 122 Å². The lowest BCUT2D eigenvalue weighted by Gasteiger charge is -2.18. The van der Waals surface area contributed by atoms with Crippen LogP contribution in [0.25, 0.3) is 6.08 Å². The first-order chi connectivity index (χ1) is 9.49. The quantitative estimate of drug-likeness (QED) is 0.610. The zero-order valence-corrected chi connectivity index (χ0v) is 13.3. The average molecular weight is 280 g/mol. The number of carbonyl (C=O) groups excluding carboxylic acids is 1. The third-order valence-electron chi connectivity index (χ3n) is 3.53. The first kappa shape index (κ1) is 14.5. The van der Waals surface area contributed by atoms with Gasteiger partial charge in [-0.1, -0.05) is 84.7 Å². The molecular formula is C18H20OSi. The number of hydrogen-bond donors (Lipinski definition) is 0. The third kappa shape index (κ3) is 3.55. The standard InChI is InChI=1S/C18H20OSi/c1-15(19)17-11-9-16(10-12-17)13-14-20(2,3)18-7-5-4-6-8-18/h4-14H,1-3H3/b14-13-. The van der Waals surface area contributed by atoms with E-state index in [0.29, 0.717) is 0 Å². The predicted molar refractivity (Wildman–Crippen MR) is 89.0 cm³/mol. The molecule has 0 spiro atoms. The molecule has 0 N–H and O–H groups in total. The van der Waals surface area contributed by atoms with Crippen LogP contribution in [0.1, 0.15) is 22.8 Å². The minimum absolute atomic E-state index is 0.111. The molecule has 2 rings (SSSR count). The molecule has 0 saturated carbocycles. The molecule has 2 aromatic rings. The van der Waals surface area contributed by atoms with Crippen molar-refractivity contribution in [1.82, 2.24) is 0 Å². The van der Waals surface area contributed by atoms with Gasteiger partial charge < -0.3 is 0 Å². The molecule has 0 aliphatic carbocycles. The molecule has 0 saturated heterocycles. The lowest BCUT2D eigenvalue weighted by Crippen LogP contribution is -2.39. The molecule has 20 heavy (non-hydrogen) atoms. The monoisotopic (exact) mass is 280 g/mol. The van der Waals surface area contributed by atoms with Crippen molar-refractivity contribution in [1.29, 1.82) is 0 Å². The summed E-state index contributed by atoms with van der Waals surface area (Å²) in [6.45, 7) is 6.27. The van der Waals surface area contributed by atoms with E-state index in [2.05, 4.69) is 55.2 Å². The number of benzene rings is 2. The smallest absolute Gasteiger partial charge is 0.159 e. The Balaban J connectivity index is 2.18. The van der Waals surface area contributed by atoms with Crippen molar-refractivity contribution >= 4 is 25.1 Å². The molecule has 0 unspecified atom stereocenters. The zero-order chi connectivity index (χ0) is 14.6. The average Bonchev–Trinajstić information content (AvgIpc) is 2.46. The van der Waals surface area contributed by atoms with Crippen LogP contribution in [0, 0.1) is 0 Å². The van der Waals surface area contributed by atoms with Crippen LogP contribution >= 0.6 is 0 Å². The van der Waals surface area contributed by atoms with E-state index in [1.807, 2.05) is 24.3 Å². The Bertz CT molecular complexity index is 610. The van der Waals surface area contributed by atoms with Crippen LogP contribution in [0.5, 0.6) is 0 Å². The molecule has 2 aromatic carbocycles. The minimum Gasteiger partial charge on any atom is -0.295 e. The van der Waals surface area contributed by atoms with Gasteiger partial charge in [-0.25, -0.2) is 0 Å². The van der Waals surface area contributed by atoms with Gasteiger partial charge in [-0.3, -0.25) is 4.79 Å². The highest BCUT2D eigenvalue weighted by Crippen LogP contribution is 2.11. The Morgan fingerprint density at radius 3 is 2.10 bits per heavy atom. The second-order valence-corrected chi connectivity index (χ2v) is 9.95. The maximum absolute atomic E-state index is 11.2. The van der Waals surface area contributed by atoms with Crippen LogP contribution in [0.15, 0.2) is 60.3 Å². The van der Waals surface area contributed by atoms with Gasteiger partial charge in [-0.15, -0.1) is 0 Å². The van der Waals surface area contributed by atoms with Gasteiger partial charge in [0.2, 0.25) is 0 Å². The molecule has 2 heteroatoms. The second kappa shape index (κ2) is 6.01. The van der Waals surface area contributed by atoms with Gasteiger partial charge in [0.25, 0.3) is 0 Å². The van der Waals surface area contributed by atoms with E-state index >= 15 is 0 Å². The van der Waals surface area contributed by atoms with Gasteiger partial charge in [0.15, 0.2) is 5.78 Å². The van der Waals surface area contributed by atoms with Crippen LogP contribution < -0.4 is 5.19 Å². The van der Waals surface area contributed by atoms with E-state index in [1.54, 1.807) is 6.92 Å². The van der Waals surface area contributed by atoms with E-state index in [1.165, 1.54) is 5.19 Å². The van der Waals surface area contributed by atoms with Gasteiger partial charge in [0.1, 0.15) is 8.07 Å². The number of Topliss-reactive ketones (excluding diaryl/α,β-unsaturated/α-hetero) is 1. The summed E-state index contributed by atoms with van der Waals surface area (Å²) in [5, 5.41) is 1.43. The fourth-order valence-corrected chi connectivity index (χ4v) is 3.95. The second-order valence-electron chi connectivity index (χ2n) is 5.60. The van der Waals surface area contributed by atoms with Crippen molar-refractivity contribution in [2.75, 3.05) is 0 Å². The largest absolute Gasteiger partial charge is 0.295 e. The molecule has 0 bridgehead atoms. The summed E-state index contributed by atoms with van der Waals surface area (Å²) >= 11 is 0. The summed E-state index contributed by atoms with van der Waals surface area (Å²) in [6.07, 6.45) is 2.17. The Hall–Kier alpha value is -1.93. The third-order valence-corrected chi connectivity index (χ3v) is 6.35. The fraction of sp³-hybridized carbons (Fsp3) is 0.167. The van der Waals surface area contributed by atoms with Crippen molar-refractivity contribution in [2.24, 2.45) is 0 Å². The topological polar surface area (TPSA) is 17.1 Å². The molecule has 0 fully saturated rings. The number of ketones is 1. The molecule has 0 aliphatic rings.